The third kappa shape index (κ3) is 4.33. The standard InChI is InChI=1S/C16H20N2OS2/c1-18(2)14(15-5-4-10-21-15)11-17-16(19)12-6-8-13(20-3)9-7-12/h4-10,14H,11H2,1-3H3,(H,17,19). The molecule has 3 nitrogen and oxygen atoms in total. The molecule has 0 radical (unpaired) electrons. The second-order valence-corrected chi connectivity index (χ2v) is 6.79. The Hall–Kier alpha value is -1.30. The van der Waals surface area contributed by atoms with E-state index in [-0.39, 0.29) is 11.9 Å². The molecule has 2 aromatic rings. The molecule has 5 heteroatoms. The lowest BCUT2D eigenvalue weighted by molar-refractivity contribution is 0.0942. The molecule has 0 fully saturated rings. The predicted molar refractivity (Wildman–Crippen MR) is 91.3 cm³/mol. The highest BCUT2D eigenvalue weighted by atomic mass is 32.2. The lowest BCUT2D eigenvalue weighted by Gasteiger charge is -2.23. The van der Waals surface area contributed by atoms with Crippen LogP contribution in [0, 0.1) is 0 Å². The number of thioether (sulfide) groups is 1. The van der Waals surface area contributed by atoms with Crippen LogP contribution in [0.2, 0.25) is 0 Å². The van der Waals surface area contributed by atoms with Crippen molar-refractivity contribution in [1.29, 1.82) is 0 Å². The summed E-state index contributed by atoms with van der Waals surface area (Å²) >= 11 is 3.39. The molecular formula is C16H20N2OS2. The van der Waals surface area contributed by atoms with Crippen molar-refractivity contribution in [3.63, 3.8) is 0 Å². The Balaban J connectivity index is 1.98. The third-order valence-electron chi connectivity index (χ3n) is 3.30. The molecular weight excluding hydrogens is 300 g/mol. The Morgan fingerprint density at radius 3 is 2.52 bits per heavy atom. The molecule has 1 aromatic carbocycles. The van der Waals surface area contributed by atoms with E-state index in [1.165, 1.54) is 4.88 Å². The summed E-state index contributed by atoms with van der Waals surface area (Å²) in [5.41, 5.74) is 0.705. The highest BCUT2D eigenvalue weighted by molar-refractivity contribution is 7.98. The quantitative estimate of drug-likeness (QED) is 0.827. The SMILES string of the molecule is CSc1ccc(C(=O)NCC(c2cccs2)N(C)C)cc1. The van der Waals surface area contributed by atoms with Gasteiger partial charge in [-0.05, 0) is 56.1 Å². The van der Waals surface area contributed by atoms with Gasteiger partial charge in [0.05, 0.1) is 6.04 Å². The van der Waals surface area contributed by atoms with Crippen LogP contribution in [-0.2, 0) is 0 Å². The Labute approximate surface area is 134 Å². The maximum absolute atomic E-state index is 12.2. The van der Waals surface area contributed by atoms with Crippen molar-refractivity contribution in [3.05, 3.63) is 52.2 Å². The fraction of sp³-hybridized carbons (Fsp3) is 0.312. The molecule has 1 aromatic heterocycles. The third-order valence-corrected chi connectivity index (χ3v) is 5.02. The molecule has 1 heterocycles. The summed E-state index contributed by atoms with van der Waals surface area (Å²) in [7, 11) is 4.06. The minimum Gasteiger partial charge on any atom is -0.350 e. The van der Waals surface area contributed by atoms with Crippen LogP contribution in [0.1, 0.15) is 21.3 Å². The van der Waals surface area contributed by atoms with Crippen LogP contribution in [0.4, 0.5) is 0 Å². The number of hydrogen-bond acceptors (Lipinski definition) is 4. The zero-order chi connectivity index (χ0) is 15.2. The fourth-order valence-corrected chi connectivity index (χ4v) is 3.38. The second kappa shape index (κ2) is 7.64. The van der Waals surface area contributed by atoms with Crippen LogP contribution in [0.3, 0.4) is 0 Å². The van der Waals surface area contributed by atoms with Crippen molar-refractivity contribution in [2.45, 2.75) is 10.9 Å². The van der Waals surface area contributed by atoms with Gasteiger partial charge in [-0.3, -0.25) is 4.79 Å². The van der Waals surface area contributed by atoms with Crippen molar-refractivity contribution >= 4 is 29.0 Å². The Bertz CT molecular complexity index is 564. The van der Waals surface area contributed by atoms with Crippen molar-refractivity contribution in [3.8, 4) is 0 Å². The first-order valence-electron chi connectivity index (χ1n) is 6.74. The van der Waals surface area contributed by atoms with E-state index in [4.69, 9.17) is 0 Å². The lowest BCUT2D eigenvalue weighted by atomic mass is 10.2. The predicted octanol–water partition coefficient (Wildman–Crippen LogP) is 3.50. The molecule has 1 N–H and O–H groups in total. The van der Waals surface area contributed by atoms with Gasteiger partial charge in [0.15, 0.2) is 0 Å². The van der Waals surface area contributed by atoms with Gasteiger partial charge in [0.1, 0.15) is 0 Å². The number of hydrogen-bond donors (Lipinski definition) is 1. The van der Waals surface area contributed by atoms with Gasteiger partial charge >= 0.3 is 0 Å². The average molecular weight is 320 g/mol. The number of thiophene rings is 1. The Kier molecular flexibility index (Phi) is 5.85. The summed E-state index contributed by atoms with van der Waals surface area (Å²) in [5, 5.41) is 5.09. The van der Waals surface area contributed by atoms with Gasteiger partial charge in [-0.1, -0.05) is 6.07 Å². The molecule has 1 amide bonds. The highest BCUT2D eigenvalue weighted by Gasteiger charge is 2.16. The Morgan fingerprint density at radius 2 is 2.00 bits per heavy atom. The number of nitrogens with one attached hydrogen (secondary N) is 1. The molecule has 0 aliphatic carbocycles. The number of carbonyl (C=O) groups excluding carboxylic acids is 1. The smallest absolute Gasteiger partial charge is 0.251 e. The molecule has 0 aliphatic rings. The summed E-state index contributed by atoms with van der Waals surface area (Å²) in [6, 6.07) is 12.0. The normalized spacial score (nSPS) is 12.4. The van der Waals surface area contributed by atoms with Crippen LogP contribution < -0.4 is 5.32 Å². The molecule has 0 bridgehead atoms. The second-order valence-electron chi connectivity index (χ2n) is 4.93. The molecule has 1 atom stereocenters. The highest BCUT2D eigenvalue weighted by Crippen LogP contribution is 2.22. The first-order chi connectivity index (χ1) is 10.1. The van der Waals surface area contributed by atoms with Crippen LogP contribution in [-0.4, -0.2) is 37.7 Å². The van der Waals surface area contributed by atoms with E-state index in [0.717, 1.165) is 4.90 Å². The van der Waals surface area contributed by atoms with Gasteiger partial charge in [-0.2, -0.15) is 0 Å². The van der Waals surface area contributed by atoms with E-state index in [2.05, 4.69) is 21.7 Å². The van der Waals surface area contributed by atoms with Crippen molar-refractivity contribution < 1.29 is 4.79 Å². The van der Waals surface area contributed by atoms with Gasteiger partial charge in [0.2, 0.25) is 0 Å². The van der Waals surface area contributed by atoms with Gasteiger partial charge in [0, 0.05) is 21.9 Å². The van der Waals surface area contributed by atoms with E-state index in [9.17, 15) is 4.79 Å². The molecule has 0 saturated carbocycles. The van der Waals surface area contributed by atoms with Crippen molar-refractivity contribution in [2.24, 2.45) is 0 Å². The van der Waals surface area contributed by atoms with E-state index in [1.54, 1.807) is 23.1 Å². The lowest BCUT2D eigenvalue weighted by Crippen LogP contribution is -2.34. The molecule has 0 saturated heterocycles. The maximum Gasteiger partial charge on any atom is 0.251 e. The first-order valence-corrected chi connectivity index (χ1v) is 8.84. The maximum atomic E-state index is 12.2. The van der Waals surface area contributed by atoms with Crippen LogP contribution in [0.15, 0.2) is 46.7 Å². The summed E-state index contributed by atoms with van der Waals surface area (Å²) in [4.78, 5) is 16.8. The average Bonchev–Trinajstić information content (AvgIpc) is 3.01. The zero-order valence-corrected chi connectivity index (χ0v) is 14.1. The molecule has 21 heavy (non-hydrogen) atoms. The summed E-state index contributed by atoms with van der Waals surface area (Å²) in [6.45, 7) is 0.608. The molecule has 2 rings (SSSR count). The minimum absolute atomic E-state index is 0.0222. The van der Waals surface area contributed by atoms with Gasteiger partial charge < -0.3 is 10.2 Å². The summed E-state index contributed by atoms with van der Waals surface area (Å²) < 4.78 is 0. The number of amides is 1. The van der Waals surface area contributed by atoms with Crippen molar-refractivity contribution in [1.82, 2.24) is 10.2 Å². The van der Waals surface area contributed by atoms with Gasteiger partial charge in [-0.15, -0.1) is 23.1 Å². The number of rotatable bonds is 6. The van der Waals surface area contributed by atoms with Gasteiger partial charge in [0.25, 0.3) is 5.91 Å². The summed E-state index contributed by atoms with van der Waals surface area (Å²) in [6.07, 6.45) is 2.03. The minimum atomic E-state index is -0.0222. The largest absolute Gasteiger partial charge is 0.350 e. The van der Waals surface area contributed by atoms with Crippen LogP contribution in [0.5, 0.6) is 0 Å². The van der Waals surface area contributed by atoms with Crippen LogP contribution >= 0.6 is 23.1 Å². The number of benzene rings is 1. The van der Waals surface area contributed by atoms with E-state index in [0.29, 0.717) is 12.1 Å². The number of nitrogens with zero attached hydrogens (tertiary/aromatic N) is 1. The zero-order valence-electron chi connectivity index (χ0n) is 12.5. The molecule has 112 valence electrons. The summed E-state index contributed by atoms with van der Waals surface area (Å²) in [5.74, 6) is -0.0222. The molecule has 1 unspecified atom stereocenters. The number of likely N-dealkylation sites (N-methyl/N-ethyl adjacent to an activating group) is 1. The van der Waals surface area contributed by atoms with E-state index >= 15 is 0 Å². The molecule has 0 aliphatic heterocycles. The Morgan fingerprint density at radius 1 is 1.29 bits per heavy atom. The van der Waals surface area contributed by atoms with Gasteiger partial charge in [-0.25, -0.2) is 0 Å². The monoisotopic (exact) mass is 320 g/mol. The topological polar surface area (TPSA) is 32.3 Å². The van der Waals surface area contributed by atoms with E-state index in [1.807, 2.05) is 50.7 Å². The fourth-order valence-electron chi connectivity index (χ4n) is 2.05. The number of carbonyl (C=O) groups is 1. The van der Waals surface area contributed by atoms with E-state index < -0.39 is 0 Å². The first kappa shape index (κ1) is 16.1. The van der Waals surface area contributed by atoms with Crippen molar-refractivity contribution in [2.75, 3.05) is 26.9 Å². The van der Waals surface area contributed by atoms with Crippen LogP contribution in [0.25, 0.3) is 0 Å². The molecule has 0 spiro atoms.